The summed E-state index contributed by atoms with van der Waals surface area (Å²) in [6.07, 6.45) is 10.2. The van der Waals surface area contributed by atoms with E-state index in [1.807, 2.05) is 0 Å². The van der Waals surface area contributed by atoms with Crippen LogP contribution in [0, 0.1) is 11.3 Å². The van der Waals surface area contributed by atoms with Crippen LogP contribution in [0.15, 0.2) is 0 Å². The lowest BCUT2D eigenvalue weighted by Gasteiger charge is -2.16. The Bertz CT molecular complexity index is 181. The Morgan fingerprint density at radius 1 is 1.13 bits per heavy atom. The van der Waals surface area contributed by atoms with E-state index in [-0.39, 0.29) is 0 Å². The van der Waals surface area contributed by atoms with Crippen LogP contribution in [0.1, 0.15) is 44.9 Å². The first-order valence-corrected chi connectivity index (χ1v) is 6.70. The van der Waals surface area contributed by atoms with E-state index >= 15 is 0 Å². The molecular weight excluding hydrogens is 184 g/mol. The molecule has 2 saturated carbocycles. The minimum atomic E-state index is 0.629. The fourth-order valence-electron chi connectivity index (χ4n) is 2.93. The quantitative estimate of drug-likeness (QED) is 0.629. The van der Waals surface area contributed by atoms with Crippen LogP contribution in [-0.2, 0) is 0 Å². The molecule has 88 valence electrons. The maximum atomic E-state index is 3.66. The summed E-state index contributed by atoms with van der Waals surface area (Å²) in [5.74, 6) is 1.04. The molecule has 0 radical (unpaired) electrons. The monoisotopic (exact) mass is 210 g/mol. The minimum Gasteiger partial charge on any atom is -0.319 e. The first-order chi connectivity index (χ1) is 7.35. The maximum Gasteiger partial charge on any atom is 0.00200 e. The Kier molecular flexibility index (Phi) is 4.04. The van der Waals surface area contributed by atoms with Gasteiger partial charge < -0.3 is 10.6 Å². The van der Waals surface area contributed by atoms with Crippen molar-refractivity contribution in [3.8, 4) is 0 Å². The molecule has 0 aromatic rings. The fourth-order valence-corrected chi connectivity index (χ4v) is 2.93. The predicted molar refractivity (Wildman–Crippen MR) is 65.0 cm³/mol. The highest BCUT2D eigenvalue weighted by atomic mass is 14.9. The molecule has 2 fully saturated rings. The lowest BCUT2D eigenvalue weighted by atomic mass is 10.0. The van der Waals surface area contributed by atoms with Crippen molar-refractivity contribution < 1.29 is 0 Å². The van der Waals surface area contributed by atoms with E-state index in [9.17, 15) is 0 Å². The molecule has 0 spiro atoms. The van der Waals surface area contributed by atoms with E-state index < -0.39 is 0 Å². The van der Waals surface area contributed by atoms with Gasteiger partial charge in [-0.15, -0.1) is 0 Å². The molecule has 0 unspecified atom stereocenters. The number of nitrogens with one attached hydrogen (secondary N) is 2. The predicted octanol–water partition coefficient (Wildman–Crippen LogP) is 2.16. The van der Waals surface area contributed by atoms with E-state index in [4.69, 9.17) is 0 Å². The Morgan fingerprint density at radius 3 is 2.47 bits per heavy atom. The average Bonchev–Trinajstić information content (AvgIpc) is 2.80. The van der Waals surface area contributed by atoms with Crippen molar-refractivity contribution in [1.29, 1.82) is 0 Å². The average molecular weight is 210 g/mol. The second-order valence-electron chi connectivity index (χ2n) is 5.65. The van der Waals surface area contributed by atoms with Gasteiger partial charge in [0.25, 0.3) is 0 Å². The molecule has 0 atom stereocenters. The molecule has 2 nitrogen and oxygen atoms in total. The van der Waals surface area contributed by atoms with Crippen LogP contribution in [0.3, 0.4) is 0 Å². The zero-order chi connectivity index (χ0) is 10.6. The molecule has 0 saturated heterocycles. The summed E-state index contributed by atoms with van der Waals surface area (Å²) < 4.78 is 0. The summed E-state index contributed by atoms with van der Waals surface area (Å²) in [4.78, 5) is 0. The first kappa shape index (κ1) is 11.4. The Labute approximate surface area is 94.2 Å². The molecule has 0 amide bonds. The van der Waals surface area contributed by atoms with Gasteiger partial charge in [0.1, 0.15) is 0 Å². The topological polar surface area (TPSA) is 24.1 Å². The molecule has 0 aromatic heterocycles. The van der Waals surface area contributed by atoms with Gasteiger partial charge in [-0.25, -0.2) is 0 Å². The lowest BCUT2D eigenvalue weighted by molar-refractivity contribution is 0.412. The first-order valence-electron chi connectivity index (χ1n) is 6.70. The van der Waals surface area contributed by atoms with Crippen molar-refractivity contribution in [1.82, 2.24) is 10.6 Å². The van der Waals surface area contributed by atoms with Gasteiger partial charge >= 0.3 is 0 Å². The molecule has 2 aliphatic carbocycles. The van der Waals surface area contributed by atoms with Crippen LogP contribution in [0.25, 0.3) is 0 Å². The van der Waals surface area contributed by atoms with E-state index in [2.05, 4.69) is 17.7 Å². The SMILES string of the molecule is CNCC1(CNCCC2CCCC2)CC1. The lowest BCUT2D eigenvalue weighted by Crippen LogP contribution is -2.32. The molecule has 15 heavy (non-hydrogen) atoms. The standard InChI is InChI=1S/C13H26N2/c1-14-10-13(7-8-13)11-15-9-6-12-4-2-3-5-12/h12,14-15H,2-11H2,1H3. The molecule has 2 heteroatoms. The van der Waals surface area contributed by atoms with Crippen LogP contribution in [0.2, 0.25) is 0 Å². The Hall–Kier alpha value is -0.0800. The third-order valence-electron chi connectivity index (χ3n) is 4.21. The van der Waals surface area contributed by atoms with E-state index in [1.54, 1.807) is 0 Å². The van der Waals surface area contributed by atoms with Crippen LogP contribution in [0.4, 0.5) is 0 Å². The zero-order valence-corrected chi connectivity index (χ0v) is 10.1. The molecule has 2 aliphatic rings. The highest BCUT2D eigenvalue weighted by Gasteiger charge is 2.41. The molecule has 0 aromatic carbocycles. The van der Waals surface area contributed by atoms with Gasteiger partial charge in [-0.3, -0.25) is 0 Å². The van der Waals surface area contributed by atoms with E-state index in [1.165, 1.54) is 64.6 Å². The summed E-state index contributed by atoms with van der Waals surface area (Å²) in [6, 6.07) is 0. The van der Waals surface area contributed by atoms with Crippen LogP contribution in [-0.4, -0.2) is 26.7 Å². The van der Waals surface area contributed by atoms with Crippen molar-refractivity contribution in [3.05, 3.63) is 0 Å². The Balaban J connectivity index is 1.51. The van der Waals surface area contributed by atoms with Gasteiger partial charge in [-0.1, -0.05) is 25.7 Å². The highest BCUT2D eigenvalue weighted by molar-refractivity contribution is 4.96. The van der Waals surface area contributed by atoms with Crippen molar-refractivity contribution in [3.63, 3.8) is 0 Å². The molecular formula is C13H26N2. The van der Waals surface area contributed by atoms with Crippen molar-refractivity contribution in [2.75, 3.05) is 26.7 Å². The molecule has 2 N–H and O–H groups in total. The maximum absolute atomic E-state index is 3.66. The highest BCUT2D eigenvalue weighted by Crippen LogP contribution is 2.44. The second kappa shape index (κ2) is 5.31. The van der Waals surface area contributed by atoms with Gasteiger partial charge in [-0.05, 0) is 44.2 Å². The fraction of sp³-hybridized carbons (Fsp3) is 1.00. The number of hydrogen-bond donors (Lipinski definition) is 2. The third kappa shape index (κ3) is 3.46. The summed E-state index contributed by atoms with van der Waals surface area (Å²) in [6.45, 7) is 3.68. The number of rotatable bonds is 7. The largest absolute Gasteiger partial charge is 0.319 e. The van der Waals surface area contributed by atoms with Crippen molar-refractivity contribution in [2.24, 2.45) is 11.3 Å². The van der Waals surface area contributed by atoms with Crippen molar-refractivity contribution >= 4 is 0 Å². The van der Waals surface area contributed by atoms with Gasteiger partial charge in [0.2, 0.25) is 0 Å². The molecule has 2 rings (SSSR count). The summed E-state index contributed by atoms with van der Waals surface area (Å²) in [5.41, 5.74) is 0.629. The van der Waals surface area contributed by atoms with Gasteiger partial charge in [0.05, 0.1) is 0 Å². The minimum absolute atomic E-state index is 0.629. The second-order valence-corrected chi connectivity index (χ2v) is 5.65. The normalized spacial score (nSPS) is 24.6. The number of hydrogen-bond acceptors (Lipinski definition) is 2. The smallest absolute Gasteiger partial charge is 0.00200 e. The van der Waals surface area contributed by atoms with Gasteiger partial charge in [0.15, 0.2) is 0 Å². The summed E-state index contributed by atoms with van der Waals surface area (Å²) in [5, 5.41) is 6.97. The molecule has 0 bridgehead atoms. The van der Waals surface area contributed by atoms with Gasteiger partial charge in [0, 0.05) is 13.1 Å². The van der Waals surface area contributed by atoms with Crippen LogP contribution < -0.4 is 10.6 Å². The van der Waals surface area contributed by atoms with Gasteiger partial charge in [-0.2, -0.15) is 0 Å². The van der Waals surface area contributed by atoms with Crippen LogP contribution >= 0.6 is 0 Å². The molecule has 0 heterocycles. The van der Waals surface area contributed by atoms with Crippen LogP contribution in [0.5, 0.6) is 0 Å². The summed E-state index contributed by atoms with van der Waals surface area (Å²) >= 11 is 0. The molecule has 0 aliphatic heterocycles. The summed E-state index contributed by atoms with van der Waals surface area (Å²) in [7, 11) is 2.07. The van der Waals surface area contributed by atoms with E-state index in [0.29, 0.717) is 5.41 Å². The van der Waals surface area contributed by atoms with E-state index in [0.717, 1.165) is 5.92 Å². The van der Waals surface area contributed by atoms with Crippen molar-refractivity contribution in [2.45, 2.75) is 44.9 Å². The Morgan fingerprint density at radius 2 is 1.87 bits per heavy atom. The third-order valence-corrected chi connectivity index (χ3v) is 4.21. The zero-order valence-electron chi connectivity index (χ0n) is 10.1.